The third-order valence-electron chi connectivity index (χ3n) is 9.31. The minimum atomic E-state index is -0.899. The van der Waals surface area contributed by atoms with Gasteiger partial charge in [0.2, 0.25) is 11.8 Å². The minimum Gasteiger partial charge on any atom is -0.391 e. The van der Waals surface area contributed by atoms with Crippen LogP contribution in [0.2, 0.25) is 0 Å². The summed E-state index contributed by atoms with van der Waals surface area (Å²) in [6, 6.07) is 31.1. The Hall–Kier alpha value is -4.33. The lowest BCUT2D eigenvalue weighted by Gasteiger charge is -2.29. The van der Waals surface area contributed by atoms with Crippen molar-refractivity contribution in [1.82, 2.24) is 15.2 Å². The highest BCUT2D eigenvalue weighted by Crippen LogP contribution is 2.33. The number of amides is 2. The number of fused-ring (bicyclic) bond motifs is 1. The molecule has 0 unspecified atom stereocenters. The van der Waals surface area contributed by atoms with Gasteiger partial charge in [0, 0.05) is 43.2 Å². The van der Waals surface area contributed by atoms with Crippen molar-refractivity contribution in [2.24, 2.45) is 11.8 Å². The first kappa shape index (κ1) is 30.7. The van der Waals surface area contributed by atoms with Gasteiger partial charge in [-0.1, -0.05) is 91.0 Å². The van der Waals surface area contributed by atoms with Crippen LogP contribution in [0.4, 0.5) is 0 Å². The zero-order valence-electron chi connectivity index (χ0n) is 25.4. The molecule has 2 heterocycles. The number of nitrogens with zero attached hydrogens (tertiary/aromatic N) is 2. The fourth-order valence-corrected chi connectivity index (χ4v) is 7.09. The number of β-amino-alcohol motifs (C(OH)–C–C–N with tert-alkyl or cyclic N) is 1. The van der Waals surface area contributed by atoms with Gasteiger partial charge in [-0.25, -0.2) is 0 Å². The van der Waals surface area contributed by atoms with Crippen molar-refractivity contribution in [3.8, 4) is 0 Å². The Morgan fingerprint density at radius 3 is 2.31 bits per heavy atom. The van der Waals surface area contributed by atoms with Crippen LogP contribution >= 0.6 is 0 Å². The van der Waals surface area contributed by atoms with E-state index >= 15 is 0 Å². The molecule has 1 aromatic heterocycles. The molecular formula is C38H41N3O4. The van der Waals surface area contributed by atoms with Gasteiger partial charge in [-0.15, -0.1) is 0 Å². The number of aromatic nitrogens is 1. The number of rotatable bonds is 12. The molecule has 3 aromatic carbocycles. The molecule has 232 valence electrons. The Morgan fingerprint density at radius 1 is 0.889 bits per heavy atom. The molecular weight excluding hydrogens is 562 g/mol. The van der Waals surface area contributed by atoms with Crippen molar-refractivity contribution in [3.05, 3.63) is 137 Å². The van der Waals surface area contributed by atoms with E-state index < -0.39 is 24.2 Å². The van der Waals surface area contributed by atoms with Crippen molar-refractivity contribution >= 4 is 11.8 Å². The lowest BCUT2D eigenvalue weighted by atomic mass is 9.91. The smallest absolute Gasteiger partial charge is 0.226 e. The number of carbonyl (C=O) groups excluding carboxylic acids is 2. The first-order valence-electron chi connectivity index (χ1n) is 16.0. The van der Waals surface area contributed by atoms with Crippen molar-refractivity contribution < 1.29 is 19.8 Å². The Kier molecular flexibility index (Phi) is 9.67. The van der Waals surface area contributed by atoms with E-state index in [0.29, 0.717) is 32.1 Å². The number of hydrogen-bond donors (Lipinski definition) is 3. The maximum Gasteiger partial charge on any atom is 0.226 e. The van der Waals surface area contributed by atoms with Gasteiger partial charge in [0.25, 0.3) is 0 Å². The SMILES string of the molecule is O=C(N[C@H]1c2ccccc2C[C@H]1O)[C@H](Cc1ccccc1)C[C@H](O)CN1C(=O)[C@@H](Cc2cccnc2)C[C@@H]1Cc1ccccc1. The lowest BCUT2D eigenvalue weighted by molar-refractivity contribution is -0.133. The average molecular weight is 604 g/mol. The molecule has 1 saturated heterocycles. The number of carbonyl (C=O) groups is 2. The van der Waals surface area contributed by atoms with Crippen LogP contribution in [0.15, 0.2) is 109 Å². The number of aliphatic hydroxyl groups is 2. The third kappa shape index (κ3) is 7.49. The van der Waals surface area contributed by atoms with E-state index in [1.54, 1.807) is 6.20 Å². The number of hydrogen-bond acceptors (Lipinski definition) is 5. The van der Waals surface area contributed by atoms with Crippen LogP contribution in [-0.2, 0) is 35.3 Å². The minimum absolute atomic E-state index is 0.0357. The maximum absolute atomic E-state index is 13.8. The fraction of sp³-hybridized carbons (Fsp3) is 0.342. The van der Waals surface area contributed by atoms with E-state index in [0.717, 1.165) is 27.8 Å². The van der Waals surface area contributed by atoms with Gasteiger partial charge in [0.05, 0.1) is 18.2 Å². The molecule has 45 heavy (non-hydrogen) atoms. The highest BCUT2D eigenvalue weighted by molar-refractivity contribution is 5.82. The summed E-state index contributed by atoms with van der Waals surface area (Å²) in [4.78, 5) is 33.7. The topological polar surface area (TPSA) is 103 Å². The highest BCUT2D eigenvalue weighted by atomic mass is 16.3. The summed E-state index contributed by atoms with van der Waals surface area (Å²) in [7, 11) is 0. The van der Waals surface area contributed by atoms with Gasteiger partial charge in [-0.05, 0) is 66.0 Å². The summed E-state index contributed by atoms with van der Waals surface area (Å²) in [5.41, 5.74) is 5.13. The van der Waals surface area contributed by atoms with Gasteiger partial charge in [-0.3, -0.25) is 14.6 Å². The van der Waals surface area contributed by atoms with E-state index in [9.17, 15) is 19.8 Å². The second kappa shape index (κ2) is 14.2. The number of nitrogens with one attached hydrogen (secondary N) is 1. The largest absolute Gasteiger partial charge is 0.391 e. The van der Waals surface area contributed by atoms with Gasteiger partial charge >= 0.3 is 0 Å². The van der Waals surface area contributed by atoms with Crippen molar-refractivity contribution in [2.45, 2.75) is 62.8 Å². The molecule has 1 aliphatic carbocycles. The van der Waals surface area contributed by atoms with Crippen LogP contribution in [0.5, 0.6) is 0 Å². The molecule has 1 fully saturated rings. The molecule has 4 aromatic rings. The lowest BCUT2D eigenvalue weighted by Crippen LogP contribution is -2.43. The van der Waals surface area contributed by atoms with E-state index in [2.05, 4.69) is 22.4 Å². The van der Waals surface area contributed by atoms with Crippen molar-refractivity contribution in [3.63, 3.8) is 0 Å². The van der Waals surface area contributed by atoms with E-state index in [4.69, 9.17) is 0 Å². The summed E-state index contributed by atoms with van der Waals surface area (Å²) in [5.74, 6) is -0.906. The summed E-state index contributed by atoms with van der Waals surface area (Å²) in [5, 5.41) is 25.4. The molecule has 0 radical (unpaired) electrons. The van der Waals surface area contributed by atoms with Crippen molar-refractivity contribution in [1.29, 1.82) is 0 Å². The molecule has 3 N–H and O–H groups in total. The van der Waals surface area contributed by atoms with Gasteiger partial charge in [0.15, 0.2) is 0 Å². The van der Waals surface area contributed by atoms with Crippen LogP contribution in [-0.4, -0.2) is 56.7 Å². The highest BCUT2D eigenvalue weighted by Gasteiger charge is 2.41. The van der Waals surface area contributed by atoms with Gasteiger partial charge in [0.1, 0.15) is 0 Å². The Morgan fingerprint density at radius 2 is 1.58 bits per heavy atom. The molecule has 7 heteroatoms. The molecule has 2 aliphatic rings. The standard InChI is InChI=1S/C38H41N3O4/c42-33(25-41-32(20-27-12-5-2-6-13-27)21-31(38(41)45)19-28-14-9-17-39-24-28)22-30(18-26-10-3-1-4-11-26)37(44)40-36-34-16-8-7-15-29(34)23-35(36)43/h1-17,24,30-33,35-36,42-43H,18-23,25H2,(H,40,44)/t30-,31+,32+,33+,35-,36+/m1/s1. The number of benzene rings is 3. The van der Waals surface area contributed by atoms with Crippen LogP contribution in [0, 0.1) is 11.8 Å². The quantitative estimate of drug-likeness (QED) is 0.222. The normalized spacial score (nSPS) is 22.2. The zero-order chi connectivity index (χ0) is 31.2. The zero-order valence-corrected chi connectivity index (χ0v) is 25.4. The summed E-state index contributed by atoms with van der Waals surface area (Å²) in [6.45, 7) is 0.160. The van der Waals surface area contributed by atoms with Crippen LogP contribution < -0.4 is 5.32 Å². The molecule has 7 nitrogen and oxygen atoms in total. The van der Waals surface area contributed by atoms with Gasteiger partial charge in [-0.2, -0.15) is 0 Å². The first-order valence-corrected chi connectivity index (χ1v) is 16.0. The van der Waals surface area contributed by atoms with Crippen LogP contribution in [0.25, 0.3) is 0 Å². The predicted octanol–water partition coefficient (Wildman–Crippen LogP) is 4.47. The number of likely N-dealkylation sites (tertiary alicyclic amines) is 1. The van der Waals surface area contributed by atoms with Gasteiger partial charge < -0.3 is 20.4 Å². The predicted molar refractivity (Wildman–Crippen MR) is 173 cm³/mol. The first-order chi connectivity index (χ1) is 21.9. The van der Waals surface area contributed by atoms with E-state index in [1.165, 1.54) is 0 Å². The summed E-state index contributed by atoms with van der Waals surface area (Å²) < 4.78 is 0. The van der Waals surface area contributed by atoms with E-state index in [1.807, 2.05) is 96.0 Å². The molecule has 6 rings (SSSR count). The third-order valence-corrected chi connectivity index (χ3v) is 9.31. The van der Waals surface area contributed by atoms with Crippen molar-refractivity contribution in [2.75, 3.05) is 6.54 Å². The summed E-state index contributed by atoms with van der Waals surface area (Å²) >= 11 is 0. The second-order valence-electron chi connectivity index (χ2n) is 12.6. The Labute approximate surface area is 265 Å². The number of pyridine rings is 1. The van der Waals surface area contributed by atoms with Crippen LogP contribution in [0.3, 0.4) is 0 Å². The molecule has 6 atom stereocenters. The monoisotopic (exact) mass is 603 g/mol. The Bertz CT molecular complexity index is 1570. The number of aliphatic hydroxyl groups excluding tert-OH is 2. The molecule has 2 amide bonds. The van der Waals surface area contributed by atoms with Crippen LogP contribution in [0.1, 0.15) is 46.7 Å². The van der Waals surface area contributed by atoms with E-state index in [-0.39, 0.29) is 36.7 Å². The Balaban J connectivity index is 1.18. The molecule has 1 aliphatic heterocycles. The molecule has 0 spiro atoms. The second-order valence-corrected chi connectivity index (χ2v) is 12.6. The fourth-order valence-electron chi connectivity index (χ4n) is 7.09. The average Bonchev–Trinajstić information content (AvgIpc) is 3.52. The maximum atomic E-state index is 13.8. The molecule has 0 bridgehead atoms. The molecule has 0 saturated carbocycles. The summed E-state index contributed by atoms with van der Waals surface area (Å²) in [6.07, 6.45) is 5.08.